The Morgan fingerprint density at radius 2 is 1.50 bits per heavy atom. The number of rotatable bonds is 7. The van der Waals surface area contributed by atoms with Gasteiger partial charge in [0.15, 0.2) is 5.78 Å². The molecule has 124 valence electrons. The first-order chi connectivity index (χ1) is 11.5. The summed E-state index contributed by atoms with van der Waals surface area (Å²) in [6, 6.07) is 20.2. The van der Waals surface area contributed by atoms with E-state index in [0.717, 1.165) is 11.1 Å². The fourth-order valence-electron chi connectivity index (χ4n) is 3.15. The molecule has 0 aliphatic heterocycles. The first kappa shape index (κ1) is 18.0. The Morgan fingerprint density at radius 3 is 1.88 bits per heavy atom. The Bertz CT molecular complexity index is 658. The van der Waals surface area contributed by atoms with E-state index in [0.29, 0.717) is 6.42 Å². The van der Waals surface area contributed by atoms with Crippen LogP contribution in [0.15, 0.2) is 60.7 Å². The van der Waals surface area contributed by atoms with Crippen molar-refractivity contribution in [1.29, 1.82) is 0 Å². The summed E-state index contributed by atoms with van der Waals surface area (Å²) in [5.74, 6) is 2.63. The van der Waals surface area contributed by atoms with Crippen molar-refractivity contribution in [3.8, 4) is 12.3 Å². The minimum absolute atomic E-state index is 0.0797. The van der Waals surface area contributed by atoms with Crippen LogP contribution in [0.5, 0.6) is 0 Å². The van der Waals surface area contributed by atoms with Crippen molar-refractivity contribution in [2.24, 2.45) is 0 Å². The van der Waals surface area contributed by atoms with Crippen LogP contribution in [0.2, 0.25) is 0 Å². The lowest BCUT2D eigenvalue weighted by Gasteiger charge is -2.37. The van der Waals surface area contributed by atoms with Crippen molar-refractivity contribution in [2.75, 3.05) is 14.1 Å². The third-order valence-electron chi connectivity index (χ3n) is 4.75. The summed E-state index contributed by atoms with van der Waals surface area (Å²) in [6.07, 6.45) is 6.31. The summed E-state index contributed by atoms with van der Waals surface area (Å²) in [5.41, 5.74) is 1.29. The number of benzene rings is 2. The van der Waals surface area contributed by atoms with E-state index in [1.165, 1.54) is 0 Å². The van der Waals surface area contributed by atoms with Crippen LogP contribution >= 0.6 is 0 Å². The van der Waals surface area contributed by atoms with Gasteiger partial charge in [-0.1, -0.05) is 66.6 Å². The molecular formula is C22H25NO. The Hall–Kier alpha value is -2.37. The molecule has 1 atom stereocenters. The lowest BCUT2D eigenvalue weighted by molar-refractivity contribution is -0.122. The van der Waals surface area contributed by atoms with Gasteiger partial charge in [0.25, 0.3) is 0 Å². The fraction of sp³-hybridized carbons (Fsp3) is 0.318. The minimum Gasteiger partial charge on any atom is -0.307 e. The Kier molecular flexibility index (Phi) is 5.95. The highest BCUT2D eigenvalue weighted by atomic mass is 16.1. The van der Waals surface area contributed by atoms with Gasteiger partial charge < -0.3 is 4.90 Å². The second kappa shape index (κ2) is 7.95. The Balaban J connectivity index is 2.68. The smallest absolute Gasteiger partial charge is 0.159 e. The van der Waals surface area contributed by atoms with Crippen molar-refractivity contribution in [1.82, 2.24) is 4.90 Å². The second-order valence-corrected chi connectivity index (χ2v) is 6.46. The number of Topliss-reactive ketones (excluding diaryl/α,β-unsaturated/α-hetero) is 1. The lowest BCUT2D eigenvalue weighted by atomic mass is 9.67. The van der Waals surface area contributed by atoms with E-state index in [2.05, 4.69) is 17.7 Å². The van der Waals surface area contributed by atoms with E-state index >= 15 is 0 Å². The van der Waals surface area contributed by atoms with Gasteiger partial charge in [0.1, 0.15) is 0 Å². The molecule has 2 aromatic carbocycles. The van der Waals surface area contributed by atoms with E-state index in [9.17, 15) is 4.79 Å². The van der Waals surface area contributed by atoms with Crippen LogP contribution in [0.25, 0.3) is 0 Å². The molecule has 0 aromatic heterocycles. The van der Waals surface area contributed by atoms with Crippen LogP contribution in [0.1, 0.15) is 30.9 Å². The predicted molar refractivity (Wildman–Crippen MR) is 99.9 cm³/mol. The maximum Gasteiger partial charge on any atom is 0.159 e. The maximum absolute atomic E-state index is 13.3. The van der Waals surface area contributed by atoms with Gasteiger partial charge in [-0.05, 0) is 38.6 Å². The predicted octanol–water partition coefficient (Wildman–Crippen LogP) is 3.91. The van der Waals surface area contributed by atoms with Crippen molar-refractivity contribution in [3.63, 3.8) is 0 Å². The molecule has 0 aliphatic rings. The summed E-state index contributed by atoms with van der Waals surface area (Å²) in [7, 11) is 4.08. The average molecular weight is 319 g/mol. The summed E-state index contributed by atoms with van der Waals surface area (Å²) in [4.78, 5) is 15.4. The van der Waals surface area contributed by atoms with Crippen LogP contribution < -0.4 is 0 Å². The number of nitrogens with zero attached hydrogens (tertiary/aromatic N) is 1. The highest BCUT2D eigenvalue weighted by Crippen LogP contribution is 2.39. The van der Waals surface area contributed by atoms with Gasteiger partial charge in [0.2, 0.25) is 0 Å². The standard InChI is InChI=1S/C22H25NO/c1-5-12-21(24)22(17-18(2)23(3)4,19-13-8-6-9-14-19)20-15-10-7-11-16-20/h1,6-11,13-16,18H,12,17H2,2-4H3/t18-/m1/s1. The first-order valence-corrected chi connectivity index (χ1v) is 8.26. The monoisotopic (exact) mass is 319 g/mol. The number of carbonyl (C=O) groups excluding carboxylic acids is 1. The van der Waals surface area contributed by atoms with Crippen molar-refractivity contribution in [3.05, 3.63) is 71.8 Å². The average Bonchev–Trinajstić information content (AvgIpc) is 2.61. The lowest BCUT2D eigenvalue weighted by Crippen LogP contribution is -2.43. The van der Waals surface area contributed by atoms with Crippen LogP contribution in [0, 0.1) is 12.3 Å². The first-order valence-electron chi connectivity index (χ1n) is 8.26. The van der Waals surface area contributed by atoms with Crippen LogP contribution in [-0.4, -0.2) is 30.8 Å². The van der Waals surface area contributed by atoms with Gasteiger partial charge in [-0.15, -0.1) is 6.42 Å². The molecular weight excluding hydrogens is 294 g/mol. The van der Waals surface area contributed by atoms with Crippen molar-refractivity contribution >= 4 is 5.78 Å². The molecule has 2 heteroatoms. The van der Waals surface area contributed by atoms with Gasteiger partial charge >= 0.3 is 0 Å². The number of carbonyl (C=O) groups is 1. The van der Waals surface area contributed by atoms with Gasteiger partial charge in [-0.3, -0.25) is 4.79 Å². The molecule has 0 N–H and O–H groups in total. The molecule has 0 unspecified atom stereocenters. The molecule has 0 fully saturated rings. The Labute approximate surface area is 145 Å². The van der Waals surface area contributed by atoms with Gasteiger partial charge in [0, 0.05) is 6.04 Å². The zero-order valence-electron chi connectivity index (χ0n) is 14.7. The molecule has 0 saturated carbocycles. The molecule has 0 saturated heterocycles. The van der Waals surface area contributed by atoms with E-state index in [1.54, 1.807) is 0 Å². The van der Waals surface area contributed by atoms with Crippen LogP contribution in [0.4, 0.5) is 0 Å². The van der Waals surface area contributed by atoms with E-state index < -0.39 is 5.41 Å². The number of hydrogen-bond donors (Lipinski definition) is 0. The quantitative estimate of drug-likeness (QED) is 0.721. The molecule has 24 heavy (non-hydrogen) atoms. The number of terminal acetylenes is 1. The van der Waals surface area contributed by atoms with Gasteiger partial charge in [0.05, 0.1) is 11.8 Å². The molecule has 0 bridgehead atoms. The normalized spacial score (nSPS) is 12.6. The molecule has 0 aliphatic carbocycles. The molecule has 0 radical (unpaired) electrons. The van der Waals surface area contributed by atoms with E-state index in [-0.39, 0.29) is 18.2 Å². The summed E-state index contributed by atoms with van der Waals surface area (Å²) < 4.78 is 0. The molecule has 0 spiro atoms. The third-order valence-corrected chi connectivity index (χ3v) is 4.75. The van der Waals surface area contributed by atoms with Gasteiger partial charge in [-0.2, -0.15) is 0 Å². The van der Waals surface area contributed by atoms with Gasteiger partial charge in [-0.25, -0.2) is 0 Å². The van der Waals surface area contributed by atoms with E-state index in [1.807, 2.05) is 74.8 Å². The largest absolute Gasteiger partial charge is 0.307 e. The van der Waals surface area contributed by atoms with E-state index in [4.69, 9.17) is 6.42 Å². The third kappa shape index (κ3) is 3.58. The molecule has 2 aromatic rings. The maximum atomic E-state index is 13.3. The van der Waals surface area contributed by atoms with Crippen molar-refractivity contribution < 1.29 is 4.79 Å². The zero-order valence-corrected chi connectivity index (χ0v) is 14.7. The summed E-state index contributed by atoms with van der Waals surface area (Å²) in [5, 5.41) is 0. The van der Waals surface area contributed by atoms with Crippen LogP contribution in [0.3, 0.4) is 0 Å². The molecule has 2 nitrogen and oxygen atoms in total. The molecule has 0 amide bonds. The highest BCUT2D eigenvalue weighted by molar-refractivity contribution is 5.95. The zero-order chi connectivity index (χ0) is 17.6. The fourth-order valence-corrected chi connectivity index (χ4v) is 3.15. The summed E-state index contributed by atoms with van der Waals surface area (Å²) >= 11 is 0. The second-order valence-electron chi connectivity index (χ2n) is 6.46. The summed E-state index contributed by atoms with van der Waals surface area (Å²) in [6.45, 7) is 2.14. The minimum atomic E-state index is -0.724. The number of hydrogen-bond acceptors (Lipinski definition) is 2. The van der Waals surface area contributed by atoms with Crippen molar-refractivity contribution in [2.45, 2.75) is 31.2 Å². The number of ketones is 1. The molecule has 2 rings (SSSR count). The SMILES string of the molecule is C#CCC(=O)C(C[C@@H](C)N(C)C)(c1ccccc1)c1ccccc1. The topological polar surface area (TPSA) is 20.3 Å². The van der Waals surface area contributed by atoms with Crippen LogP contribution in [-0.2, 0) is 10.2 Å². The Morgan fingerprint density at radius 1 is 1.04 bits per heavy atom. The highest BCUT2D eigenvalue weighted by Gasteiger charge is 2.42. The molecule has 0 heterocycles.